The number of benzene rings is 1. The predicted molar refractivity (Wildman–Crippen MR) is 104 cm³/mol. The van der Waals surface area contributed by atoms with Crippen molar-refractivity contribution >= 4 is 21.8 Å². The van der Waals surface area contributed by atoms with E-state index in [-0.39, 0.29) is 11.8 Å². The molecule has 3 rings (SSSR count). The van der Waals surface area contributed by atoms with Crippen LogP contribution in [0.3, 0.4) is 0 Å². The van der Waals surface area contributed by atoms with Gasteiger partial charge in [0.1, 0.15) is 0 Å². The maximum atomic E-state index is 12.5. The van der Waals surface area contributed by atoms with Gasteiger partial charge in [0.15, 0.2) is 5.82 Å². The molecule has 1 aliphatic carbocycles. The van der Waals surface area contributed by atoms with E-state index in [1.165, 1.54) is 32.1 Å². The quantitative estimate of drug-likeness (QED) is 0.734. The molecule has 1 amide bonds. The average Bonchev–Trinajstić information content (AvgIpc) is 3.14. The zero-order valence-electron chi connectivity index (χ0n) is 15.2. The second-order valence-electron chi connectivity index (χ2n) is 7.06. The number of amides is 1. The number of nitrogens with zero attached hydrogens (tertiary/aromatic N) is 4. The summed E-state index contributed by atoms with van der Waals surface area (Å²) in [6.45, 7) is 2.58. The number of nitrogens with one attached hydrogen (secondary N) is 1. The van der Waals surface area contributed by atoms with Gasteiger partial charge < -0.3 is 5.32 Å². The predicted octanol–water partition coefficient (Wildman–Crippen LogP) is 4.04. The van der Waals surface area contributed by atoms with Crippen LogP contribution in [0.1, 0.15) is 57.7 Å². The van der Waals surface area contributed by atoms with Gasteiger partial charge in [-0.05, 0) is 66.3 Å². The van der Waals surface area contributed by atoms with Gasteiger partial charge in [-0.1, -0.05) is 42.1 Å². The Morgan fingerprint density at radius 1 is 1.23 bits per heavy atom. The van der Waals surface area contributed by atoms with E-state index in [2.05, 4.69) is 43.7 Å². The first kappa shape index (κ1) is 19.0. The molecular weight excluding hydrogens is 394 g/mol. The Balaban J connectivity index is 1.51. The van der Waals surface area contributed by atoms with Crippen LogP contribution in [0.5, 0.6) is 0 Å². The molecule has 1 N–H and O–H groups in total. The van der Waals surface area contributed by atoms with Gasteiger partial charge >= 0.3 is 0 Å². The number of tetrazole rings is 1. The minimum absolute atomic E-state index is 0.129. The van der Waals surface area contributed by atoms with Crippen LogP contribution < -0.4 is 5.32 Å². The summed E-state index contributed by atoms with van der Waals surface area (Å²) >= 11 is 3.42. The Kier molecular flexibility index (Phi) is 6.77. The molecule has 140 valence electrons. The van der Waals surface area contributed by atoms with Gasteiger partial charge in [0, 0.05) is 10.4 Å². The monoisotopic (exact) mass is 419 g/mol. The summed E-state index contributed by atoms with van der Waals surface area (Å²) in [5, 5.41) is 14.9. The number of carbonyl (C=O) groups is 1. The second kappa shape index (κ2) is 9.26. The standard InChI is InChI=1S/C19H26BrN5O/c1-2-3-4-14-5-7-15(8-6-14)19(26)21-13-18-22-23-24-25(18)17-11-9-16(20)10-12-17/h9-12,14-15H,2-8,13H2,1H3,(H,21,26). The summed E-state index contributed by atoms with van der Waals surface area (Å²) in [7, 11) is 0. The van der Waals surface area contributed by atoms with Crippen molar-refractivity contribution in [1.29, 1.82) is 0 Å². The molecule has 2 aromatic rings. The number of hydrogen-bond donors (Lipinski definition) is 1. The van der Waals surface area contributed by atoms with Crippen molar-refractivity contribution in [3.05, 3.63) is 34.6 Å². The molecule has 1 aromatic heterocycles. The first-order valence-electron chi connectivity index (χ1n) is 9.48. The van der Waals surface area contributed by atoms with Crippen molar-refractivity contribution in [3.63, 3.8) is 0 Å². The number of rotatable bonds is 7. The van der Waals surface area contributed by atoms with Crippen LogP contribution in [-0.4, -0.2) is 26.1 Å². The van der Waals surface area contributed by atoms with Crippen molar-refractivity contribution in [2.24, 2.45) is 11.8 Å². The van der Waals surface area contributed by atoms with E-state index in [1.54, 1.807) is 4.68 Å². The average molecular weight is 420 g/mol. The molecule has 0 spiro atoms. The molecule has 6 nitrogen and oxygen atoms in total. The molecule has 0 unspecified atom stereocenters. The molecule has 0 saturated heterocycles. The van der Waals surface area contributed by atoms with Crippen molar-refractivity contribution in [2.45, 2.75) is 58.4 Å². The lowest BCUT2D eigenvalue weighted by atomic mass is 9.79. The van der Waals surface area contributed by atoms with Gasteiger partial charge in [-0.25, -0.2) is 0 Å². The number of halogens is 1. The Hall–Kier alpha value is -1.76. The fraction of sp³-hybridized carbons (Fsp3) is 0.579. The van der Waals surface area contributed by atoms with Crippen LogP contribution in [0, 0.1) is 11.8 Å². The van der Waals surface area contributed by atoms with E-state index in [0.29, 0.717) is 12.4 Å². The molecule has 26 heavy (non-hydrogen) atoms. The van der Waals surface area contributed by atoms with E-state index in [9.17, 15) is 4.79 Å². The molecular formula is C19H26BrN5O. The highest BCUT2D eigenvalue weighted by molar-refractivity contribution is 9.10. The van der Waals surface area contributed by atoms with E-state index in [1.807, 2.05) is 24.3 Å². The summed E-state index contributed by atoms with van der Waals surface area (Å²) in [5.41, 5.74) is 0.874. The fourth-order valence-corrected chi connectivity index (χ4v) is 3.88. The maximum absolute atomic E-state index is 12.5. The lowest BCUT2D eigenvalue weighted by Gasteiger charge is -2.27. The summed E-state index contributed by atoms with van der Waals surface area (Å²) in [4.78, 5) is 12.5. The number of carbonyl (C=O) groups excluding carboxylic acids is 1. The number of aromatic nitrogens is 4. The Bertz CT molecular complexity index is 707. The zero-order chi connectivity index (χ0) is 18.4. The van der Waals surface area contributed by atoms with Crippen LogP contribution in [-0.2, 0) is 11.3 Å². The van der Waals surface area contributed by atoms with Gasteiger partial charge in [0.25, 0.3) is 0 Å². The first-order chi connectivity index (χ1) is 12.7. The summed E-state index contributed by atoms with van der Waals surface area (Å²) in [6, 6.07) is 7.75. The minimum atomic E-state index is 0.129. The molecule has 1 fully saturated rings. The Labute approximate surface area is 162 Å². The van der Waals surface area contributed by atoms with Crippen LogP contribution in [0.4, 0.5) is 0 Å². The highest BCUT2D eigenvalue weighted by Crippen LogP contribution is 2.32. The smallest absolute Gasteiger partial charge is 0.223 e. The normalized spacial score (nSPS) is 20.1. The Morgan fingerprint density at radius 2 is 1.96 bits per heavy atom. The zero-order valence-corrected chi connectivity index (χ0v) is 16.8. The van der Waals surface area contributed by atoms with Gasteiger partial charge in [-0.2, -0.15) is 4.68 Å². The molecule has 1 saturated carbocycles. The summed E-state index contributed by atoms with van der Waals surface area (Å²) in [5.74, 6) is 1.70. The third-order valence-electron chi connectivity index (χ3n) is 5.21. The first-order valence-corrected chi connectivity index (χ1v) is 10.3. The number of unbranched alkanes of at least 4 members (excludes halogenated alkanes) is 1. The lowest BCUT2D eigenvalue weighted by Crippen LogP contribution is -2.33. The molecule has 0 radical (unpaired) electrons. The highest BCUT2D eigenvalue weighted by atomic mass is 79.9. The van der Waals surface area contributed by atoms with Crippen LogP contribution in [0.15, 0.2) is 28.7 Å². The molecule has 1 aromatic carbocycles. The molecule has 0 aliphatic heterocycles. The summed E-state index contributed by atoms with van der Waals surface area (Å²) in [6.07, 6.45) is 8.22. The molecule has 1 aliphatic rings. The van der Waals surface area contributed by atoms with Crippen LogP contribution in [0.2, 0.25) is 0 Å². The van der Waals surface area contributed by atoms with Gasteiger partial charge in [-0.3, -0.25) is 4.79 Å². The third-order valence-corrected chi connectivity index (χ3v) is 5.74. The highest BCUT2D eigenvalue weighted by Gasteiger charge is 2.26. The van der Waals surface area contributed by atoms with E-state index >= 15 is 0 Å². The molecule has 0 bridgehead atoms. The van der Waals surface area contributed by atoms with E-state index in [0.717, 1.165) is 28.9 Å². The van der Waals surface area contributed by atoms with Gasteiger partial charge in [-0.15, -0.1) is 5.10 Å². The summed E-state index contributed by atoms with van der Waals surface area (Å²) < 4.78 is 2.66. The van der Waals surface area contributed by atoms with Crippen molar-refractivity contribution in [3.8, 4) is 5.69 Å². The fourth-order valence-electron chi connectivity index (χ4n) is 3.62. The van der Waals surface area contributed by atoms with Crippen molar-refractivity contribution in [1.82, 2.24) is 25.5 Å². The lowest BCUT2D eigenvalue weighted by molar-refractivity contribution is -0.126. The largest absolute Gasteiger partial charge is 0.348 e. The van der Waals surface area contributed by atoms with E-state index < -0.39 is 0 Å². The molecule has 7 heteroatoms. The van der Waals surface area contributed by atoms with Gasteiger partial charge in [0.05, 0.1) is 12.2 Å². The Morgan fingerprint density at radius 3 is 2.65 bits per heavy atom. The molecule has 0 atom stereocenters. The van der Waals surface area contributed by atoms with Crippen LogP contribution >= 0.6 is 15.9 Å². The van der Waals surface area contributed by atoms with E-state index in [4.69, 9.17) is 0 Å². The van der Waals surface area contributed by atoms with Crippen molar-refractivity contribution < 1.29 is 4.79 Å². The van der Waals surface area contributed by atoms with Gasteiger partial charge in [0.2, 0.25) is 5.91 Å². The minimum Gasteiger partial charge on any atom is -0.348 e. The SMILES string of the molecule is CCCCC1CCC(C(=O)NCc2nnnn2-c2ccc(Br)cc2)CC1. The third kappa shape index (κ3) is 4.90. The topological polar surface area (TPSA) is 72.7 Å². The van der Waals surface area contributed by atoms with Crippen molar-refractivity contribution in [2.75, 3.05) is 0 Å². The number of hydrogen-bond acceptors (Lipinski definition) is 4. The van der Waals surface area contributed by atoms with Crippen LogP contribution in [0.25, 0.3) is 5.69 Å². The molecule has 1 heterocycles. The second-order valence-corrected chi connectivity index (χ2v) is 7.98. The maximum Gasteiger partial charge on any atom is 0.223 e.